The number of hydrogen-bond donors (Lipinski definition) is 2. The highest BCUT2D eigenvalue weighted by atomic mass is 15.0. The van der Waals surface area contributed by atoms with Crippen LogP contribution in [0.3, 0.4) is 0 Å². The average Bonchev–Trinajstić information content (AvgIpc) is 2.92. The molecule has 0 amide bonds. The highest BCUT2D eigenvalue weighted by Gasteiger charge is 2.17. The molecule has 2 N–H and O–H groups in total. The number of aromatic nitrogens is 1. The van der Waals surface area contributed by atoms with Crippen molar-refractivity contribution < 1.29 is 0 Å². The van der Waals surface area contributed by atoms with Crippen LogP contribution in [0, 0.1) is 0 Å². The molecule has 1 aliphatic rings. The van der Waals surface area contributed by atoms with E-state index >= 15 is 0 Å². The Morgan fingerprint density at radius 1 is 1.37 bits per heavy atom. The zero-order chi connectivity index (χ0) is 13.1. The number of anilines is 1. The van der Waals surface area contributed by atoms with Gasteiger partial charge in [-0.3, -0.25) is 4.98 Å². The summed E-state index contributed by atoms with van der Waals surface area (Å²) in [4.78, 5) is 4.40. The van der Waals surface area contributed by atoms with E-state index in [9.17, 15) is 0 Å². The third kappa shape index (κ3) is 2.87. The molecule has 2 heterocycles. The van der Waals surface area contributed by atoms with Crippen LogP contribution >= 0.6 is 0 Å². The van der Waals surface area contributed by atoms with Gasteiger partial charge in [0.05, 0.1) is 5.52 Å². The van der Waals surface area contributed by atoms with Crippen LogP contribution in [0.15, 0.2) is 36.5 Å². The van der Waals surface area contributed by atoms with Gasteiger partial charge in [0.15, 0.2) is 0 Å². The minimum Gasteiger partial charge on any atom is -0.382 e. The number of rotatable bonds is 4. The van der Waals surface area contributed by atoms with Gasteiger partial charge in [0.2, 0.25) is 0 Å². The van der Waals surface area contributed by atoms with E-state index in [1.165, 1.54) is 36.9 Å². The lowest BCUT2D eigenvalue weighted by molar-refractivity contribution is 0.523. The third-order valence-corrected chi connectivity index (χ3v) is 3.85. The van der Waals surface area contributed by atoms with Crippen LogP contribution in [0.4, 0.5) is 5.69 Å². The lowest BCUT2D eigenvalue weighted by atomic mass is 10.1. The van der Waals surface area contributed by atoms with Gasteiger partial charge in [-0.05, 0) is 57.0 Å². The maximum Gasteiger partial charge on any atom is 0.0722 e. The van der Waals surface area contributed by atoms with E-state index in [1.54, 1.807) is 0 Å². The Kier molecular flexibility index (Phi) is 3.65. The lowest BCUT2D eigenvalue weighted by Crippen LogP contribution is -2.29. The van der Waals surface area contributed by atoms with E-state index in [1.807, 2.05) is 12.3 Å². The zero-order valence-electron chi connectivity index (χ0n) is 11.4. The number of hydrogen-bond acceptors (Lipinski definition) is 3. The van der Waals surface area contributed by atoms with Gasteiger partial charge in [-0.15, -0.1) is 0 Å². The summed E-state index contributed by atoms with van der Waals surface area (Å²) in [5.74, 6) is 0. The molecule has 1 fully saturated rings. The predicted octanol–water partition coefficient (Wildman–Crippen LogP) is 3.18. The number of benzene rings is 1. The van der Waals surface area contributed by atoms with Crippen molar-refractivity contribution in [1.82, 2.24) is 10.3 Å². The van der Waals surface area contributed by atoms with Crippen molar-refractivity contribution in [3.8, 4) is 0 Å². The fourth-order valence-corrected chi connectivity index (χ4v) is 2.94. The maximum atomic E-state index is 4.40. The second-order valence-corrected chi connectivity index (χ2v) is 5.45. The predicted molar refractivity (Wildman–Crippen MR) is 80.5 cm³/mol. The Morgan fingerprint density at radius 2 is 2.32 bits per heavy atom. The van der Waals surface area contributed by atoms with E-state index in [-0.39, 0.29) is 0 Å². The molecule has 1 saturated heterocycles. The fraction of sp³-hybridized carbons (Fsp3) is 0.438. The van der Waals surface area contributed by atoms with Crippen molar-refractivity contribution >= 4 is 16.6 Å². The molecule has 0 bridgehead atoms. The third-order valence-electron chi connectivity index (χ3n) is 3.85. The lowest BCUT2D eigenvalue weighted by Gasteiger charge is -2.20. The second kappa shape index (κ2) is 5.57. The van der Waals surface area contributed by atoms with Gasteiger partial charge in [-0.1, -0.05) is 6.07 Å². The molecule has 2 unspecified atom stereocenters. The molecule has 1 aliphatic heterocycles. The van der Waals surface area contributed by atoms with Crippen LogP contribution in [0.5, 0.6) is 0 Å². The topological polar surface area (TPSA) is 37.0 Å². The van der Waals surface area contributed by atoms with Crippen LogP contribution in [0.25, 0.3) is 10.9 Å². The Labute approximate surface area is 114 Å². The highest BCUT2D eigenvalue weighted by molar-refractivity contribution is 5.91. The number of pyridine rings is 1. The van der Waals surface area contributed by atoms with Crippen molar-refractivity contribution in [2.45, 2.75) is 38.3 Å². The standard InChI is InChI=1S/C16H21N3/c1-12(11-13-5-3-9-17-13)19-16-8-2-7-15-14(16)6-4-10-18-15/h2,4,6-8,10,12-13,17,19H,3,5,9,11H2,1H3. The van der Waals surface area contributed by atoms with E-state index in [0.717, 1.165) is 5.52 Å². The molecule has 0 spiro atoms. The van der Waals surface area contributed by atoms with E-state index in [0.29, 0.717) is 12.1 Å². The summed E-state index contributed by atoms with van der Waals surface area (Å²) in [7, 11) is 0. The molecular weight excluding hydrogens is 234 g/mol. The largest absolute Gasteiger partial charge is 0.382 e. The molecule has 3 rings (SSSR count). The van der Waals surface area contributed by atoms with Crippen molar-refractivity contribution in [3.05, 3.63) is 36.5 Å². The summed E-state index contributed by atoms with van der Waals surface area (Å²) in [5, 5.41) is 8.39. The molecule has 3 nitrogen and oxygen atoms in total. The molecule has 3 heteroatoms. The first-order valence-corrected chi connectivity index (χ1v) is 7.16. The molecule has 100 valence electrons. The van der Waals surface area contributed by atoms with Crippen LogP contribution in [0.2, 0.25) is 0 Å². The summed E-state index contributed by atoms with van der Waals surface area (Å²) in [5.41, 5.74) is 2.25. The Balaban J connectivity index is 1.73. The molecule has 19 heavy (non-hydrogen) atoms. The number of nitrogens with one attached hydrogen (secondary N) is 2. The minimum absolute atomic E-state index is 0.474. The fourth-order valence-electron chi connectivity index (χ4n) is 2.94. The summed E-state index contributed by atoms with van der Waals surface area (Å²) < 4.78 is 0. The first-order chi connectivity index (χ1) is 9.33. The van der Waals surface area contributed by atoms with Crippen LogP contribution in [-0.4, -0.2) is 23.6 Å². The van der Waals surface area contributed by atoms with Crippen molar-refractivity contribution in [1.29, 1.82) is 0 Å². The van der Waals surface area contributed by atoms with Crippen molar-refractivity contribution in [2.24, 2.45) is 0 Å². The van der Waals surface area contributed by atoms with Crippen LogP contribution in [-0.2, 0) is 0 Å². The summed E-state index contributed by atoms with van der Waals surface area (Å²) in [6, 6.07) is 11.5. The van der Waals surface area contributed by atoms with Gasteiger partial charge in [0.1, 0.15) is 0 Å². The second-order valence-electron chi connectivity index (χ2n) is 5.45. The number of fused-ring (bicyclic) bond motifs is 1. The Bertz CT molecular complexity index is 541. The van der Waals surface area contributed by atoms with Crippen molar-refractivity contribution in [2.75, 3.05) is 11.9 Å². The van der Waals surface area contributed by atoms with Gasteiger partial charge in [-0.25, -0.2) is 0 Å². The molecule has 2 atom stereocenters. The molecule has 1 aromatic heterocycles. The minimum atomic E-state index is 0.474. The van der Waals surface area contributed by atoms with Gasteiger partial charge in [0, 0.05) is 29.4 Å². The number of nitrogens with zero attached hydrogens (tertiary/aromatic N) is 1. The normalized spacial score (nSPS) is 20.6. The Morgan fingerprint density at radius 3 is 3.16 bits per heavy atom. The molecular formula is C16H21N3. The molecule has 1 aromatic carbocycles. The van der Waals surface area contributed by atoms with Crippen molar-refractivity contribution in [3.63, 3.8) is 0 Å². The quantitative estimate of drug-likeness (QED) is 0.881. The SMILES string of the molecule is CC(CC1CCCN1)Nc1cccc2ncccc12. The zero-order valence-corrected chi connectivity index (χ0v) is 11.4. The summed E-state index contributed by atoms with van der Waals surface area (Å²) in [6.07, 6.45) is 5.65. The molecule has 0 radical (unpaired) electrons. The van der Waals surface area contributed by atoms with Gasteiger partial charge in [0.25, 0.3) is 0 Å². The average molecular weight is 255 g/mol. The van der Waals surface area contributed by atoms with E-state index in [2.05, 4.69) is 46.8 Å². The molecule has 2 aromatic rings. The first kappa shape index (κ1) is 12.4. The maximum absolute atomic E-state index is 4.40. The van der Waals surface area contributed by atoms with Crippen LogP contribution in [0.1, 0.15) is 26.2 Å². The van der Waals surface area contributed by atoms with Gasteiger partial charge >= 0.3 is 0 Å². The first-order valence-electron chi connectivity index (χ1n) is 7.16. The van der Waals surface area contributed by atoms with E-state index < -0.39 is 0 Å². The smallest absolute Gasteiger partial charge is 0.0722 e. The van der Waals surface area contributed by atoms with Gasteiger partial charge < -0.3 is 10.6 Å². The highest BCUT2D eigenvalue weighted by Crippen LogP contribution is 2.23. The summed E-state index contributed by atoms with van der Waals surface area (Å²) in [6.45, 7) is 3.44. The monoisotopic (exact) mass is 255 g/mol. The molecule has 0 saturated carbocycles. The van der Waals surface area contributed by atoms with Crippen LogP contribution < -0.4 is 10.6 Å². The van der Waals surface area contributed by atoms with Gasteiger partial charge in [-0.2, -0.15) is 0 Å². The summed E-state index contributed by atoms with van der Waals surface area (Å²) >= 11 is 0. The Hall–Kier alpha value is -1.61. The molecule has 0 aliphatic carbocycles. The van der Waals surface area contributed by atoms with E-state index in [4.69, 9.17) is 0 Å².